The number of anilines is 1. The molecule has 3 aromatic rings. The molecule has 3 nitrogen and oxygen atoms in total. The summed E-state index contributed by atoms with van der Waals surface area (Å²) in [5.41, 5.74) is 3.65. The van der Waals surface area contributed by atoms with Crippen LogP contribution in [-0.2, 0) is 12.8 Å². The van der Waals surface area contributed by atoms with Gasteiger partial charge in [0.05, 0.1) is 11.3 Å². The Balaban J connectivity index is 1.59. The first-order chi connectivity index (χ1) is 13.5. The van der Waals surface area contributed by atoms with Gasteiger partial charge in [-0.15, -0.1) is 11.3 Å². The van der Waals surface area contributed by atoms with Gasteiger partial charge in [-0.05, 0) is 73.6 Å². The molecule has 1 heterocycles. The van der Waals surface area contributed by atoms with E-state index in [1.165, 1.54) is 10.4 Å². The van der Waals surface area contributed by atoms with Crippen molar-refractivity contribution < 1.29 is 9.53 Å². The van der Waals surface area contributed by atoms with Crippen LogP contribution in [0, 0.1) is 12.8 Å². The monoisotopic (exact) mass is 411 g/mol. The molecule has 1 aliphatic rings. The maximum atomic E-state index is 13.0. The van der Waals surface area contributed by atoms with Crippen molar-refractivity contribution in [3.8, 4) is 11.5 Å². The number of nitrogens with one attached hydrogen (secondary N) is 1. The van der Waals surface area contributed by atoms with Crippen LogP contribution in [0.5, 0.6) is 11.5 Å². The van der Waals surface area contributed by atoms with Crippen molar-refractivity contribution in [3.63, 3.8) is 0 Å². The van der Waals surface area contributed by atoms with Crippen LogP contribution in [0.3, 0.4) is 0 Å². The zero-order valence-corrected chi connectivity index (χ0v) is 17.5. The molecule has 0 unspecified atom stereocenters. The van der Waals surface area contributed by atoms with E-state index in [1.807, 2.05) is 36.6 Å². The fourth-order valence-corrected chi connectivity index (χ4v) is 4.97. The van der Waals surface area contributed by atoms with E-state index < -0.39 is 0 Å². The predicted molar refractivity (Wildman–Crippen MR) is 116 cm³/mol. The second-order valence-electron chi connectivity index (χ2n) is 7.41. The zero-order chi connectivity index (χ0) is 19.7. The van der Waals surface area contributed by atoms with Gasteiger partial charge >= 0.3 is 0 Å². The molecule has 1 atom stereocenters. The summed E-state index contributed by atoms with van der Waals surface area (Å²) in [6, 6.07) is 13.1. The number of rotatable bonds is 4. The van der Waals surface area contributed by atoms with Crippen LogP contribution in [0.4, 0.5) is 5.69 Å². The molecule has 0 saturated heterocycles. The highest BCUT2D eigenvalue weighted by Crippen LogP contribution is 2.35. The highest BCUT2D eigenvalue weighted by Gasteiger charge is 2.23. The molecule has 0 spiro atoms. The van der Waals surface area contributed by atoms with E-state index in [-0.39, 0.29) is 5.91 Å². The fraction of sp³-hybridized carbons (Fsp3) is 0.261. The van der Waals surface area contributed by atoms with Crippen LogP contribution in [0.1, 0.15) is 39.7 Å². The van der Waals surface area contributed by atoms with Gasteiger partial charge in [-0.2, -0.15) is 0 Å². The second kappa shape index (κ2) is 7.98. The molecule has 28 heavy (non-hydrogen) atoms. The molecule has 0 bridgehead atoms. The predicted octanol–water partition coefficient (Wildman–Crippen LogP) is 6.88. The number of halogens is 1. The van der Waals surface area contributed by atoms with E-state index in [0.29, 0.717) is 22.4 Å². The third-order valence-electron chi connectivity index (χ3n) is 5.05. The zero-order valence-electron chi connectivity index (χ0n) is 15.9. The summed E-state index contributed by atoms with van der Waals surface area (Å²) < 4.78 is 6.02. The number of fused-ring (bicyclic) bond motifs is 1. The average molecular weight is 412 g/mol. The number of benzene rings is 2. The van der Waals surface area contributed by atoms with Gasteiger partial charge in [-0.25, -0.2) is 0 Å². The second-order valence-corrected chi connectivity index (χ2v) is 8.81. The summed E-state index contributed by atoms with van der Waals surface area (Å²) in [6.07, 6.45) is 3.15. The minimum Gasteiger partial charge on any atom is -0.455 e. The highest BCUT2D eigenvalue weighted by molar-refractivity contribution is 7.10. The first-order valence-electron chi connectivity index (χ1n) is 9.44. The molecule has 144 valence electrons. The molecule has 1 amide bonds. The number of ether oxygens (including phenoxy) is 1. The van der Waals surface area contributed by atoms with Gasteiger partial charge in [0.1, 0.15) is 5.75 Å². The molecule has 0 saturated carbocycles. The molecule has 1 N–H and O–H groups in total. The lowest BCUT2D eigenvalue weighted by molar-refractivity contribution is 0.102. The Bertz CT molecular complexity index is 1030. The van der Waals surface area contributed by atoms with Gasteiger partial charge in [-0.3, -0.25) is 4.79 Å². The van der Waals surface area contributed by atoms with Gasteiger partial charge in [0.15, 0.2) is 5.75 Å². The molecular weight excluding hydrogens is 390 g/mol. The summed E-state index contributed by atoms with van der Waals surface area (Å²) in [7, 11) is 0. The first kappa shape index (κ1) is 19.0. The van der Waals surface area contributed by atoms with Crippen LogP contribution in [0.25, 0.3) is 0 Å². The summed E-state index contributed by atoms with van der Waals surface area (Å²) >= 11 is 7.87. The Kier molecular flexibility index (Phi) is 5.42. The minimum atomic E-state index is -0.108. The molecule has 0 fully saturated rings. The molecule has 5 heteroatoms. The van der Waals surface area contributed by atoms with Crippen molar-refractivity contribution in [2.45, 2.75) is 33.1 Å². The van der Waals surface area contributed by atoms with E-state index >= 15 is 0 Å². The smallest absolute Gasteiger partial charge is 0.256 e. The Morgan fingerprint density at radius 2 is 2.11 bits per heavy atom. The van der Waals surface area contributed by atoms with E-state index in [9.17, 15) is 4.79 Å². The van der Waals surface area contributed by atoms with Gasteiger partial charge in [-0.1, -0.05) is 30.7 Å². The lowest BCUT2D eigenvalue weighted by atomic mass is 9.88. The quantitative estimate of drug-likeness (QED) is 0.508. The topological polar surface area (TPSA) is 38.3 Å². The van der Waals surface area contributed by atoms with Crippen molar-refractivity contribution >= 4 is 34.5 Å². The van der Waals surface area contributed by atoms with Crippen molar-refractivity contribution in [2.24, 2.45) is 5.92 Å². The number of thiophene rings is 1. The van der Waals surface area contributed by atoms with Gasteiger partial charge < -0.3 is 10.1 Å². The van der Waals surface area contributed by atoms with Gasteiger partial charge in [0.2, 0.25) is 0 Å². The largest absolute Gasteiger partial charge is 0.455 e. The Labute approximate surface area is 174 Å². The van der Waals surface area contributed by atoms with Crippen molar-refractivity contribution in [2.75, 3.05) is 5.32 Å². The minimum absolute atomic E-state index is 0.108. The summed E-state index contributed by atoms with van der Waals surface area (Å²) in [4.78, 5) is 14.3. The van der Waals surface area contributed by atoms with Gasteiger partial charge in [0.25, 0.3) is 5.91 Å². The normalized spacial score (nSPS) is 15.8. The highest BCUT2D eigenvalue weighted by atomic mass is 35.5. The number of aryl methyl sites for hydroxylation is 1. The van der Waals surface area contributed by atoms with Crippen LogP contribution in [0.2, 0.25) is 5.02 Å². The molecule has 1 aromatic heterocycles. The molecule has 0 aliphatic heterocycles. The van der Waals surface area contributed by atoms with Crippen LogP contribution in [0.15, 0.2) is 47.8 Å². The maximum absolute atomic E-state index is 13.0. The summed E-state index contributed by atoms with van der Waals surface area (Å²) in [5, 5.41) is 5.53. The van der Waals surface area contributed by atoms with E-state index in [4.69, 9.17) is 16.3 Å². The summed E-state index contributed by atoms with van der Waals surface area (Å²) in [6.45, 7) is 4.28. The molecule has 2 aromatic carbocycles. The number of hydrogen-bond acceptors (Lipinski definition) is 3. The van der Waals surface area contributed by atoms with E-state index in [2.05, 4.69) is 12.2 Å². The van der Waals surface area contributed by atoms with E-state index in [1.54, 1.807) is 29.5 Å². The number of amides is 1. The first-order valence-corrected chi connectivity index (χ1v) is 10.7. The Hall–Kier alpha value is -2.30. The Morgan fingerprint density at radius 3 is 2.93 bits per heavy atom. The average Bonchev–Trinajstić information content (AvgIpc) is 3.07. The Morgan fingerprint density at radius 1 is 1.25 bits per heavy atom. The van der Waals surface area contributed by atoms with Crippen LogP contribution < -0.4 is 10.1 Å². The fourth-order valence-electron chi connectivity index (χ4n) is 3.55. The van der Waals surface area contributed by atoms with Crippen molar-refractivity contribution in [3.05, 3.63) is 74.4 Å². The number of carbonyl (C=O) groups excluding carboxylic acids is 1. The molecule has 0 radical (unpaired) electrons. The maximum Gasteiger partial charge on any atom is 0.256 e. The molecule has 4 rings (SSSR count). The number of carbonyl (C=O) groups is 1. The third kappa shape index (κ3) is 4.08. The lowest BCUT2D eigenvalue weighted by Gasteiger charge is -2.19. The van der Waals surface area contributed by atoms with Crippen LogP contribution >= 0.6 is 22.9 Å². The standard InChI is InChI=1S/C23H22ClNO2S/c1-14-4-3-5-17(10-14)27-21-9-7-16(24)12-20(21)25-23(26)19-13-28-22-11-15(2)6-8-18(19)22/h3-5,7,9-10,12-13,15H,6,8,11H2,1-2H3,(H,25,26)/t15-/m1/s1. The lowest BCUT2D eigenvalue weighted by Crippen LogP contribution is -2.16. The number of hydrogen-bond donors (Lipinski definition) is 1. The van der Waals surface area contributed by atoms with Crippen molar-refractivity contribution in [1.82, 2.24) is 0 Å². The molecule has 1 aliphatic carbocycles. The van der Waals surface area contributed by atoms with E-state index in [0.717, 1.165) is 36.1 Å². The van der Waals surface area contributed by atoms with Crippen LogP contribution in [-0.4, -0.2) is 5.91 Å². The van der Waals surface area contributed by atoms with Crippen molar-refractivity contribution in [1.29, 1.82) is 0 Å². The third-order valence-corrected chi connectivity index (χ3v) is 6.34. The summed E-state index contributed by atoms with van der Waals surface area (Å²) in [5.74, 6) is 1.87. The SMILES string of the molecule is Cc1cccc(Oc2ccc(Cl)cc2NC(=O)c2csc3c2CC[C@@H](C)C3)c1. The molecular formula is C23H22ClNO2S. The van der Waals surface area contributed by atoms with Gasteiger partial charge in [0, 0.05) is 15.3 Å².